The number of hydrogen-bond donors (Lipinski definition) is 1. The predicted molar refractivity (Wildman–Crippen MR) is 96.5 cm³/mol. The fraction of sp³-hybridized carbons (Fsp3) is 0.200. The highest BCUT2D eigenvalue weighted by Crippen LogP contribution is 2.37. The van der Waals surface area contributed by atoms with Crippen molar-refractivity contribution in [3.63, 3.8) is 0 Å². The number of aromatic nitrogens is 2. The Labute approximate surface area is 139 Å². The third kappa shape index (κ3) is 2.07. The van der Waals surface area contributed by atoms with E-state index in [-0.39, 0.29) is 5.97 Å². The molecule has 4 heteroatoms. The minimum atomic E-state index is -0.225. The number of nitrogens with zero attached hydrogens (tertiary/aromatic N) is 1. The quantitative estimate of drug-likeness (QED) is 0.426. The van der Waals surface area contributed by atoms with Gasteiger partial charge >= 0.3 is 5.97 Å². The molecule has 24 heavy (non-hydrogen) atoms. The molecule has 4 aromatic rings. The molecule has 4 nitrogen and oxygen atoms in total. The van der Waals surface area contributed by atoms with Crippen molar-refractivity contribution in [2.24, 2.45) is 0 Å². The van der Waals surface area contributed by atoms with Crippen LogP contribution in [0.5, 0.6) is 5.75 Å². The molecular weight excluding hydrogens is 300 g/mol. The van der Waals surface area contributed by atoms with E-state index in [1.807, 2.05) is 30.6 Å². The maximum atomic E-state index is 11.6. The van der Waals surface area contributed by atoms with E-state index in [0.29, 0.717) is 12.2 Å². The third-order valence-electron chi connectivity index (χ3n) is 4.67. The van der Waals surface area contributed by atoms with Gasteiger partial charge in [0, 0.05) is 40.5 Å². The first-order chi connectivity index (χ1) is 11.6. The lowest BCUT2D eigenvalue weighted by molar-refractivity contribution is -0.134. The number of fused-ring (bicyclic) bond motifs is 4. The van der Waals surface area contributed by atoms with E-state index >= 15 is 0 Å². The minimum absolute atomic E-state index is 0.225. The number of H-pyrrole nitrogens is 1. The summed E-state index contributed by atoms with van der Waals surface area (Å²) in [5.41, 5.74) is 4.55. The molecule has 0 aliphatic rings. The van der Waals surface area contributed by atoms with Gasteiger partial charge in [-0.2, -0.15) is 0 Å². The van der Waals surface area contributed by atoms with Crippen molar-refractivity contribution in [2.45, 2.75) is 27.2 Å². The van der Waals surface area contributed by atoms with E-state index in [9.17, 15) is 4.79 Å². The van der Waals surface area contributed by atoms with Crippen molar-refractivity contribution in [1.82, 2.24) is 9.97 Å². The highest BCUT2D eigenvalue weighted by Gasteiger charge is 2.15. The van der Waals surface area contributed by atoms with Crippen molar-refractivity contribution in [3.05, 3.63) is 47.8 Å². The molecule has 0 spiro atoms. The largest absolute Gasteiger partial charge is 0.427 e. The highest BCUT2D eigenvalue weighted by atomic mass is 16.5. The molecule has 0 aliphatic heterocycles. The molecule has 0 atom stereocenters. The Morgan fingerprint density at radius 2 is 1.96 bits per heavy atom. The number of carbonyl (C=O) groups is 1. The van der Waals surface area contributed by atoms with Crippen molar-refractivity contribution in [2.75, 3.05) is 0 Å². The first kappa shape index (κ1) is 14.7. The Bertz CT molecular complexity index is 1110. The van der Waals surface area contributed by atoms with Gasteiger partial charge in [-0.1, -0.05) is 6.92 Å². The fourth-order valence-corrected chi connectivity index (χ4v) is 3.40. The summed E-state index contributed by atoms with van der Waals surface area (Å²) >= 11 is 0. The van der Waals surface area contributed by atoms with Crippen LogP contribution in [0.3, 0.4) is 0 Å². The molecule has 0 aliphatic carbocycles. The SMILES string of the molecule is CCC(=O)Oc1ccc2[nH]c3c(C)c4ccncc4c(C)c3c2c1. The van der Waals surface area contributed by atoms with Gasteiger partial charge in [0.15, 0.2) is 0 Å². The molecule has 2 heterocycles. The lowest BCUT2D eigenvalue weighted by Gasteiger charge is -2.08. The van der Waals surface area contributed by atoms with Crippen LogP contribution in [0.4, 0.5) is 0 Å². The molecule has 0 amide bonds. The monoisotopic (exact) mass is 318 g/mol. The maximum Gasteiger partial charge on any atom is 0.310 e. The van der Waals surface area contributed by atoms with E-state index in [2.05, 4.69) is 29.9 Å². The third-order valence-corrected chi connectivity index (χ3v) is 4.67. The van der Waals surface area contributed by atoms with Gasteiger partial charge in [0.1, 0.15) is 5.75 Å². The maximum absolute atomic E-state index is 11.6. The van der Waals surface area contributed by atoms with Gasteiger partial charge in [-0.05, 0) is 54.6 Å². The van der Waals surface area contributed by atoms with Gasteiger partial charge in [-0.25, -0.2) is 0 Å². The highest BCUT2D eigenvalue weighted by molar-refractivity contribution is 6.16. The van der Waals surface area contributed by atoms with Crippen LogP contribution in [-0.4, -0.2) is 15.9 Å². The summed E-state index contributed by atoms with van der Waals surface area (Å²) in [6.07, 6.45) is 4.10. The first-order valence-electron chi connectivity index (χ1n) is 8.09. The molecule has 4 rings (SSSR count). The average Bonchev–Trinajstić information content (AvgIpc) is 2.99. The molecule has 0 bridgehead atoms. The molecule has 120 valence electrons. The Morgan fingerprint density at radius 3 is 2.75 bits per heavy atom. The van der Waals surface area contributed by atoms with Crippen molar-refractivity contribution >= 4 is 38.5 Å². The summed E-state index contributed by atoms with van der Waals surface area (Å²) < 4.78 is 5.38. The number of ether oxygens (including phenoxy) is 1. The molecule has 2 aromatic carbocycles. The van der Waals surface area contributed by atoms with E-state index in [4.69, 9.17) is 4.74 Å². The predicted octanol–water partition coefficient (Wildman–Crippen LogP) is 4.80. The number of hydrogen-bond acceptors (Lipinski definition) is 3. The number of rotatable bonds is 2. The van der Waals surface area contributed by atoms with Crippen LogP contribution in [0, 0.1) is 13.8 Å². The number of aromatic amines is 1. The summed E-state index contributed by atoms with van der Waals surface area (Å²) in [4.78, 5) is 19.4. The Morgan fingerprint density at radius 1 is 1.12 bits per heavy atom. The van der Waals surface area contributed by atoms with E-state index in [0.717, 1.165) is 27.2 Å². The molecule has 0 unspecified atom stereocenters. The fourth-order valence-electron chi connectivity index (χ4n) is 3.40. The van der Waals surface area contributed by atoms with Crippen molar-refractivity contribution < 1.29 is 9.53 Å². The molecule has 0 saturated carbocycles. The van der Waals surface area contributed by atoms with Crippen LogP contribution in [0.2, 0.25) is 0 Å². The molecular formula is C20H18N2O2. The topological polar surface area (TPSA) is 55.0 Å². The van der Waals surface area contributed by atoms with Crippen LogP contribution >= 0.6 is 0 Å². The van der Waals surface area contributed by atoms with Crippen molar-refractivity contribution in [1.29, 1.82) is 0 Å². The number of benzene rings is 2. The van der Waals surface area contributed by atoms with Crippen LogP contribution in [-0.2, 0) is 4.79 Å². The summed E-state index contributed by atoms with van der Waals surface area (Å²) in [5, 5.41) is 4.59. The van der Waals surface area contributed by atoms with Gasteiger partial charge in [-0.15, -0.1) is 0 Å². The van der Waals surface area contributed by atoms with Crippen LogP contribution < -0.4 is 4.74 Å². The second kappa shape index (κ2) is 5.34. The number of nitrogens with one attached hydrogen (secondary N) is 1. The molecule has 2 aromatic heterocycles. The summed E-state index contributed by atoms with van der Waals surface area (Å²) in [6.45, 7) is 6.03. The van der Waals surface area contributed by atoms with E-state index in [1.165, 1.54) is 16.5 Å². The zero-order chi connectivity index (χ0) is 16.8. The van der Waals surface area contributed by atoms with Crippen molar-refractivity contribution in [3.8, 4) is 5.75 Å². The smallest absolute Gasteiger partial charge is 0.310 e. The normalized spacial score (nSPS) is 11.5. The van der Waals surface area contributed by atoms with Crippen LogP contribution in [0.1, 0.15) is 24.5 Å². The van der Waals surface area contributed by atoms with Gasteiger partial charge in [0.25, 0.3) is 0 Å². The lowest BCUT2D eigenvalue weighted by atomic mass is 9.97. The van der Waals surface area contributed by atoms with Crippen LogP contribution in [0.15, 0.2) is 36.7 Å². The second-order valence-electron chi connectivity index (χ2n) is 6.08. The number of carbonyl (C=O) groups excluding carboxylic acids is 1. The minimum Gasteiger partial charge on any atom is -0.427 e. The number of pyridine rings is 1. The first-order valence-corrected chi connectivity index (χ1v) is 8.09. The molecule has 0 saturated heterocycles. The van der Waals surface area contributed by atoms with Gasteiger partial charge in [0.05, 0.1) is 5.52 Å². The Kier molecular flexibility index (Phi) is 3.27. The van der Waals surface area contributed by atoms with E-state index < -0.39 is 0 Å². The second-order valence-corrected chi connectivity index (χ2v) is 6.08. The standard InChI is InChI=1S/C20H18N2O2/c1-4-18(23)24-13-5-6-17-15(9-13)19-11(2)16-10-21-8-7-14(16)12(3)20(19)22-17/h5-10,22H,4H2,1-3H3. The molecule has 0 fully saturated rings. The number of aryl methyl sites for hydroxylation is 2. The summed E-state index contributed by atoms with van der Waals surface area (Å²) in [7, 11) is 0. The average molecular weight is 318 g/mol. The molecule has 1 N–H and O–H groups in total. The Hall–Kier alpha value is -2.88. The van der Waals surface area contributed by atoms with Gasteiger partial charge in [-0.3, -0.25) is 9.78 Å². The molecule has 0 radical (unpaired) electrons. The summed E-state index contributed by atoms with van der Waals surface area (Å²) in [6, 6.07) is 7.79. The summed E-state index contributed by atoms with van der Waals surface area (Å²) in [5.74, 6) is 0.357. The zero-order valence-electron chi connectivity index (χ0n) is 13.9. The zero-order valence-corrected chi connectivity index (χ0v) is 13.9. The lowest BCUT2D eigenvalue weighted by Crippen LogP contribution is -2.05. The Balaban J connectivity index is 2.07. The van der Waals surface area contributed by atoms with E-state index in [1.54, 1.807) is 6.92 Å². The van der Waals surface area contributed by atoms with Crippen LogP contribution in [0.25, 0.3) is 32.6 Å². The number of esters is 1. The van der Waals surface area contributed by atoms with Gasteiger partial charge in [0.2, 0.25) is 0 Å². The van der Waals surface area contributed by atoms with Gasteiger partial charge < -0.3 is 9.72 Å².